The molecule has 108 valence electrons. The minimum Gasteiger partial charge on any atom is -0.309 e. The second-order valence-electron chi connectivity index (χ2n) is 5.55. The number of nitrogens with one attached hydrogen (secondary N) is 1. The average molecular weight is 263 g/mol. The Kier molecular flexibility index (Phi) is 5.95. The van der Waals surface area contributed by atoms with Crippen LogP contribution in [0.15, 0.2) is 18.3 Å². The van der Waals surface area contributed by atoms with Gasteiger partial charge in [-0.1, -0.05) is 26.8 Å². The van der Waals surface area contributed by atoms with E-state index in [2.05, 4.69) is 62.0 Å². The maximum Gasteiger partial charge on any atom is 0.0517 e. The van der Waals surface area contributed by atoms with Gasteiger partial charge < -0.3 is 5.32 Å². The minimum absolute atomic E-state index is 0.0659. The van der Waals surface area contributed by atoms with E-state index in [0.29, 0.717) is 6.04 Å². The molecule has 0 amide bonds. The summed E-state index contributed by atoms with van der Waals surface area (Å²) in [5, 5.41) is 3.63. The minimum atomic E-state index is 0.0659. The Morgan fingerprint density at radius 2 is 1.84 bits per heavy atom. The van der Waals surface area contributed by atoms with Crippen LogP contribution in [0.1, 0.15) is 51.9 Å². The Bertz CT molecular complexity index is 366. The maximum absolute atomic E-state index is 4.45. The quantitative estimate of drug-likeness (QED) is 0.819. The van der Waals surface area contributed by atoms with E-state index in [-0.39, 0.29) is 5.54 Å². The summed E-state index contributed by atoms with van der Waals surface area (Å²) in [5.41, 5.74) is 2.40. The van der Waals surface area contributed by atoms with Crippen LogP contribution in [0.5, 0.6) is 0 Å². The van der Waals surface area contributed by atoms with Crippen LogP contribution in [0.25, 0.3) is 0 Å². The number of likely N-dealkylation sites (N-methyl/N-ethyl adjacent to an activating group) is 2. The molecule has 0 aromatic carbocycles. The van der Waals surface area contributed by atoms with Gasteiger partial charge >= 0.3 is 0 Å². The molecule has 0 spiro atoms. The first-order valence-electron chi connectivity index (χ1n) is 7.38. The number of hydrogen-bond acceptors (Lipinski definition) is 3. The van der Waals surface area contributed by atoms with Crippen molar-refractivity contribution in [3.8, 4) is 0 Å². The zero-order valence-electron chi connectivity index (χ0n) is 13.3. The highest BCUT2D eigenvalue weighted by Gasteiger charge is 2.34. The number of aryl methyl sites for hydroxylation is 1. The van der Waals surface area contributed by atoms with Crippen LogP contribution in [0.3, 0.4) is 0 Å². The van der Waals surface area contributed by atoms with Crippen molar-refractivity contribution in [2.75, 3.05) is 19.6 Å². The van der Waals surface area contributed by atoms with E-state index in [1.54, 1.807) is 0 Å². The van der Waals surface area contributed by atoms with Crippen LogP contribution in [-0.4, -0.2) is 35.1 Å². The molecule has 19 heavy (non-hydrogen) atoms. The van der Waals surface area contributed by atoms with Crippen LogP contribution in [0.4, 0.5) is 0 Å². The number of rotatable bonds is 7. The third-order valence-corrected chi connectivity index (χ3v) is 3.96. The summed E-state index contributed by atoms with van der Waals surface area (Å²) < 4.78 is 0. The molecule has 0 saturated heterocycles. The molecule has 0 aliphatic heterocycles. The van der Waals surface area contributed by atoms with Crippen LogP contribution in [-0.2, 0) is 0 Å². The lowest BCUT2D eigenvalue weighted by Gasteiger charge is -2.44. The van der Waals surface area contributed by atoms with Crippen molar-refractivity contribution in [1.82, 2.24) is 15.2 Å². The number of hydrogen-bond donors (Lipinski definition) is 1. The largest absolute Gasteiger partial charge is 0.309 e. The smallest absolute Gasteiger partial charge is 0.0517 e. The first-order valence-corrected chi connectivity index (χ1v) is 7.38. The van der Waals surface area contributed by atoms with Crippen molar-refractivity contribution in [1.29, 1.82) is 0 Å². The lowest BCUT2D eigenvalue weighted by atomic mass is 9.87. The molecule has 0 bridgehead atoms. The predicted octanol–water partition coefficient (Wildman–Crippen LogP) is 3.16. The predicted molar refractivity (Wildman–Crippen MR) is 82.4 cm³/mol. The molecular weight excluding hydrogens is 234 g/mol. The van der Waals surface area contributed by atoms with Gasteiger partial charge in [-0.2, -0.15) is 0 Å². The fourth-order valence-electron chi connectivity index (χ4n) is 2.85. The monoisotopic (exact) mass is 263 g/mol. The molecule has 1 unspecified atom stereocenters. The van der Waals surface area contributed by atoms with Crippen LogP contribution >= 0.6 is 0 Å². The van der Waals surface area contributed by atoms with Gasteiger partial charge in [0.25, 0.3) is 0 Å². The van der Waals surface area contributed by atoms with Crippen molar-refractivity contribution >= 4 is 0 Å². The van der Waals surface area contributed by atoms with Gasteiger partial charge in [-0.05, 0) is 52.0 Å². The lowest BCUT2D eigenvalue weighted by Crippen LogP contribution is -2.52. The highest BCUT2D eigenvalue weighted by atomic mass is 15.2. The highest BCUT2D eigenvalue weighted by Crippen LogP contribution is 2.30. The van der Waals surface area contributed by atoms with E-state index in [9.17, 15) is 0 Å². The summed E-state index contributed by atoms with van der Waals surface area (Å²) in [4.78, 5) is 6.95. The normalized spacial score (nSPS) is 13.8. The zero-order chi connectivity index (χ0) is 14.5. The third kappa shape index (κ3) is 3.77. The van der Waals surface area contributed by atoms with Crippen LogP contribution in [0, 0.1) is 6.92 Å². The van der Waals surface area contributed by atoms with Crippen molar-refractivity contribution in [2.45, 2.75) is 53.1 Å². The molecule has 1 rings (SSSR count). The van der Waals surface area contributed by atoms with Crippen molar-refractivity contribution in [3.63, 3.8) is 0 Å². The van der Waals surface area contributed by atoms with E-state index < -0.39 is 0 Å². The Morgan fingerprint density at radius 3 is 2.26 bits per heavy atom. The van der Waals surface area contributed by atoms with E-state index in [1.807, 2.05) is 13.1 Å². The summed E-state index contributed by atoms with van der Waals surface area (Å²) >= 11 is 0. The molecule has 3 nitrogen and oxygen atoms in total. The van der Waals surface area contributed by atoms with Gasteiger partial charge in [-0.25, -0.2) is 0 Å². The molecule has 0 fully saturated rings. The third-order valence-electron chi connectivity index (χ3n) is 3.96. The molecule has 0 radical (unpaired) electrons. The topological polar surface area (TPSA) is 28.2 Å². The Morgan fingerprint density at radius 1 is 1.21 bits per heavy atom. The first kappa shape index (κ1) is 16.1. The molecule has 1 N–H and O–H groups in total. The van der Waals surface area contributed by atoms with Crippen molar-refractivity contribution in [2.24, 2.45) is 0 Å². The Labute approximate surface area is 118 Å². The summed E-state index contributed by atoms with van der Waals surface area (Å²) in [6.07, 6.45) is 2.01. The fraction of sp³-hybridized carbons (Fsp3) is 0.688. The first-order chi connectivity index (χ1) is 8.97. The van der Waals surface area contributed by atoms with Crippen molar-refractivity contribution < 1.29 is 0 Å². The number of nitrogens with zero attached hydrogens (tertiary/aromatic N) is 2. The van der Waals surface area contributed by atoms with E-state index >= 15 is 0 Å². The van der Waals surface area contributed by atoms with Gasteiger partial charge in [0.1, 0.15) is 0 Å². The summed E-state index contributed by atoms with van der Waals surface area (Å²) in [5.74, 6) is 0. The van der Waals surface area contributed by atoms with Gasteiger partial charge in [0.05, 0.1) is 6.04 Å². The molecule has 3 heteroatoms. The van der Waals surface area contributed by atoms with E-state index in [1.165, 1.54) is 5.56 Å². The zero-order valence-corrected chi connectivity index (χ0v) is 13.3. The number of pyridine rings is 1. The molecule has 1 atom stereocenters. The standard InChI is InChI=1S/C16H29N3/c1-7-17-15(14-11-10-13(4)18-12-14)16(5,6)19(8-2)9-3/h10-12,15,17H,7-9H2,1-6H3. The van der Waals surface area contributed by atoms with Crippen molar-refractivity contribution in [3.05, 3.63) is 29.6 Å². The Hall–Kier alpha value is -0.930. The molecule has 1 aromatic heterocycles. The van der Waals surface area contributed by atoms with Gasteiger partial charge in [0.15, 0.2) is 0 Å². The molecule has 0 saturated carbocycles. The average Bonchev–Trinajstić information content (AvgIpc) is 2.38. The molecular formula is C16H29N3. The molecule has 0 aliphatic rings. The second-order valence-corrected chi connectivity index (χ2v) is 5.55. The van der Waals surface area contributed by atoms with Gasteiger partial charge in [-0.15, -0.1) is 0 Å². The van der Waals surface area contributed by atoms with Crippen LogP contribution < -0.4 is 5.32 Å². The molecule has 1 aromatic rings. The molecule has 1 heterocycles. The highest BCUT2D eigenvalue weighted by molar-refractivity contribution is 5.21. The summed E-state index contributed by atoms with van der Waals surface area (Å²) in [7, 11) is 0. The lowest BCUT2D eigenvalue weighted by molar-refractivity contribution is 0.0917. The van der Waals surface area contributed by atoms with E-state index in [4.69, 9.17) is 0 Å². The van der Waals surface area contributed by atoms with Gasteiger partial charge in [-0.3, -0.25) is 9.88 Å². The van der Waals surface area contributed by atoms with E-state index in [0.717, 1.165) is 25.3 Å². The summed E-state index contributed by atoms with van der Waals surface area (Å²) in [6, 6.07) is 4.59. The SMILES string of the molecule is CCNC(c1ccc(C)nc1)C(C)(C)N(CC)CC. The Balaban J connectivity index is 3.08. The second kappa shape index (κ2) is 7.01. The maximum atomic E-state index is 4.45. The fourth-order valence-corrected chi connectivity index (χ4v) is 2.85. The van der Waals surface area contributed by atoms with Crippen LogP contribution in [0.2, 0.25) is 0 Å². The van der Waals surface area contributed by atoms with Gasteiger partial charge in [0.2, 0.25) is 0 Å². The van der Waals surface area contributed by atoms with Gasteiger partial charge in [0, 0.05) is 17.4 Å². The molecule has 0 aliphatic carbocycles. The summed E-state index contributed by atoms with van der Waals surface area (Å²) in [6.45, 7) is 16.3. The number of aromatic nitrogens is 1.